The van der Waals surface area contributed by atoms with E-state index in [1.165, 1.54) is 51.8 Å². The van der Waals surface area contributed by atoms with Crippen LogP contribution in [0.15, 0.2) is 115 Å². The smallest absolute Gasteiger partial charge is 0.00604 e. The molecule has 0 N–H and O–H groups in total. The van der Waals surface area contributed by atoms with Gasteiger partial charge in [-0.2, -0.15) is 0 Å². The van der Waals surface area contributed by atoms with E-state index in [4.69, 9.17) is 0 Å². The van der Waals surface area contributed by atoms with Crippen LogP contribution in [0.25, 0.3) is 33.4 Å². The first-order valence-electron chi connectivity index (χ1n) is 12.1. The van der Waals surface area contributed by atoms with Crippen LogP contribution in [0.2, 0.25) is 0 Å². The molecule has 33 heavy (non-hydrogen) atoms. The van der Waals surface area contributed by atoms with E-state index >= 15 is 0 Å². The van der Waals surface area contributed by atoms with Crippen molar-refractivity contribution in [2.45, 2.75) is 24.7 Å². The lowest BCUT2D eigenvalue weighted by Crippen LogP contribution is -2.19. The number of hydrogen-bond acceptors (Lipinski definition) is 0. The van der Waals surface area contributed by atoms with E-state index in [1.54, 1.807) is 11.1 Å². The van der Waals surface area contributed by atoms with Gasteiger partial charge in [-0.15, -0.1) is 0 Å². The van der Waals surface area contributed by atoms with Crippen molar-refractivity contribution in [1.29, 1.82) is 0 Å². The van der Waals surface area contributed by atoms with Crippen molar-refractivity contribution < 1.29 is 0 Å². The molecule has 0 heteroatoms. The van der Waals surface area contributed by atoms with Gasteiger partial charge in [0.1, 0.15) is 0 Å². The fourth-order valence-electron chi connectivity index (χ4n) is 6.20. The van der Waals surface area contributed by atoms with E-state index < -0.39 is 0 Å². The predicted molar refractivity (Wildman–Crippen MR) is 138 cm³/mol. The van der Waals surface area contributed by atoms with Crippen molar-refractivity contribution in [2.24, 2.45) is 5.92 Å². The molecule has 3 aliphatic carbocycles. The zero-order valence-corrected chi connectivity index (χ0v) is 18.7. The average Bonchev–Trinajstić information content (AvgIpc) is 3.31. The van der Waals surface area contributed by atoms with E-state index in [1.807, 2.05) is 0 Å². The molecule has 158 valence electrons. The summed E-state index contributed by atoms with van der Waals surface area (Å²) in [6, 6.07) is 33.6. The predicted octanol–water partition coefficient (Wildman–Crippen LogP) is 8.37. The van der Waals surface area contributed by atoms with Crippen LogP contribution >= 0.6 is 0 Å². The molecular weight excluding hydrogens is 396 g/mol. The third-order valence-electron chi connectivity index (χ3n) is 7.94. The Morgan fingerprint density at radius 2 is 1.21 bits per heavy atom. The monoisotopic (exact) mass is 422 g/mol. The van der Waals surface area contributed by atoms with Crippen LogP contribution in [0.4, 0.5) is 0 Å². The zero-order valence-electron chi connectivity index (χ0n) is 18.7. The van der Waals surface area contributed by atoms with Gasteiger partial charge >= 0.3 is 0 Å². The second kappa shape index (κ2) is 7.18. The van der Waals surface area contributed by atoms with Crippen LogP contribution in [0.1, 0.15) is 29.5 Å². The minimum atomic E-state index is 0.240. The summed E-state index contributed by atoms with van der Waals surface area (Å²) in [6.07, 6.45) is 12.9. The molecular formula is C33H26. The molecule has 3 aliphatic rings. The first-order chi connectivity index (χ1) is 16.3. The minimum Gasteiger partial charge on any atom is -0.0767 e. The number of benzene rings is 4. The highest BCUT2D eigenvalue weighted by atomic mass is 14.5. The lowest BCUT2D eigenvalue weighted by atomic mass is 9.76. The van der Waals surface area contributed by atoms with Crippen LogP contribution in [-0.4, -0.2) is 0 Å². The average molecular weight is 423 g/mol. The Bertz CT molecular complexity index is 1400. The van der Waals surface area contributed by atoms with Gasteiger partial charge in [-0.1, -0.05) is 115 Å². The lowest BCUT2D eigenvalue weighted by Gasteiger charge is -2.27. The largest absolute Gasteiger partial charge is 0.0767 e. The Hall–Kier alpha value is -3.64. The molecule has 0 bridgehead atoms. The molecule has 4 aromatic carbocycles. The van der Waals surface area contributed by atoms with Gasteiger partial charge in [0.25, 0.3) is 0 Å². The summed E-state index contributed by atoms with van der Waals surface area (Å²) in [5.41, 5.74) is 13.1. The molecule has 4 aromatic rings. The summed E-state index contributed by atoms with van der Waals surface area (Å²) in [5, 5.41) is 0. The van der Waals surface area contributed by atoms with Gasteiger partial charge in [-0.3, -0.25) is 0 Å². The molecule has 1 fully saturated rings. The summed E-state index contributed by atoms with van der Waals surface area (Å²) in [4.78, 5) is 0. The molecule has 0 radical (unpaired) electrons. The van der Waals surface area contributed by atoms with Crippen LogP contribution in [0, 0.1) is 5.92 Å². The van der Waals surface area contributed by atoms with Gasteiger partial charge < -0.3 is 0 Å². The summed E-state index contributed by atoms with van der Waals surface area (Å²) < 4.78 is 0. The first-order valence-corrected chi connectivity index (χ1v) is 12.1. The molecule has 7 rings (SSSR count). The van der Waals surface area contributed by atoms with Crippen molar-refractivity contribution >= 4 is 0 Å². The van der Waals surface area contributed by atoms with Gasteiger partial charge in [0.2, 0.25) is 0 Å². The molecule has 0 aromatic heterocycles. The number of fused-ring (bicyclic) bond motifs is 3. The molecule has 0 nitrogen and oxygen atoms in total. The van der Waals surface area contributed by atoms with E-state index in [9.17, 15) is 0 Å². The van der Waals surface area contributed by atoms with Gasteiger partial charge in [0, 0.05) is 11.3 Å². The highest BCUT2D eigenvalue weighted by Crippen LogP contribution is 2.61. The lowest BCUT2D eigenvalue weighted by molar-refractivity contribution is 0.585. The maximum atomic E-state index is 2.42. The highest BCUT2D eigenvalue weighted by molar-refractivity contribution is 5.86. The van der Waals surface area contributed by atoms with Crippen molar-refractivity contribution in [3.8, 4) is 33.4 Å². The Labute approximate surface area is 195 Å². The quantitative estimate of drug-likeness (QED) is 0.273. The molecule has 0 unspecified atom stereocenters. The third kappa shape index (κ3) is 2.91. The zero-order chi connectivity index (χ0) is 21.8. The Balaban J connectivity index is 1.41. The topological polar surface area (TPSA) is 0 Å². The molecule has 0 amide bonds. The second-order valence-corrected chi connectivity index (χ2v) is 9.75. The fraction of sp³-hybridized carbons (Fsp3) is 0.152. The van der Waals surface area contributed by atoms with Crippen molar-refractivity contribution in [3.63, 3.8) is 0 Å². The molecule has 0 spiro atoms. The molecule has 0 saturated heterocycles. The summed E-state index contributed by atoms with van der Waals surface area (Å²) >= 11 is 0. The van der Waals surface area contributed by atoms with Crippen molar-refractivity contribution in [3.05, 3.63) is 132 Å². The Morgan fingerprint density at radius 1 is 0.576 bits per heavy atom. The SMILES string of the molecule is C1=CC(C2(c3c(-c4ccccc4)ccc4c3Cc3cc(-c5ccccc5)ccc3-4)CC2)C=C1. The molecule has 0 aliphatic heterocycles. The van der Waals surface area contributed by atoms with Gasteiger partial charge in [0.05, 0.1) is 0 Å². The Kier molecular flexibility index (Phi) is 4.11. The van der Waals surface area contributed by atoms with Gasteiger partial charge in [0.15, 0.2) is 0 Å². The number of allylic oxidation sites excluding steroid dienone is 4. The van der Waals surface area contributed by atoms with E-state index in [0.717, 1.165) is 6.42 Å². The highest BCUT2D eigenvalue weighted by Gasteiger charge is 2.52. The van der Waals surface area contributed by atoms with Crippen molar-refractivity contribution in [2.75, 3.05) is 0 Å². The van der Waals surface area contributed by atoms with E-state index in [0.29, 0.717) is 5.92 Å². The normalized spacial score (nSPS) is 17.2. The maximum absolute atomic E-state index is 2.42. The van der Waals surface area contributed by atoms with Gasteiger partial charge in [-0.05, 0) is 69.3 Å². The van der Waals surface area contributed by atoms with Gasteiger partial charge in [-0.25, -0.2) is 0 Å². The van der Waals surface area contributed by atoms with Crippen molar-refractivity contribution in [1.82, 2.24) is 0 Å². The van der Waals surface area contributed by atoms with Crippen LogP contribution in [-0.2, 0) is 11.8 Å². The van der Waals surface area contributed by atoms with E-state index in [-0.39, 0.29) is 5.41 Å². The number of hydrogen-bond donors (Lipinski definition) is 0. The standard InChI is InChI=1S/C33H26/c1-3-9-23(10-4-1)25-15-16-28-26(21-25)22-31-30(28)18-17-29(24-11-5-2-6-12-24)32(31)33(19-20-33)27-13-7-8-14-27/h1-18,21,27H,19-20,22H2. The summed E-state index contributed by atoms with van der Waals surface area (Å²) in [7, 11) is 0. The second-order valence-electron chi connectivity index (χ2n) is 9.75. The van der Waals surface area contributed by atoms with E-state index in [2.05, 4.69) is 115 Å². The third-order valence-corrected chi connectivity index (χ3v) is 7.94. The van der Waals surface area contributed by atoms with Crippen LogP contribution < -0.4 is 0 Å². The fourth-order valence-corrected chi connectivity index (χ4v) is 6.20. The number of rotatable bonds is 4. The summed E-state index contributed by atoms with van der Waals surface area (Å²) in [5.74, 6) is 0.509. The summed E-state index contributed by atoms with van der Waals surface area (Å²) in [6.45, 7) is 0. The van der Waals surface area contributed by atoms with Crippen LogP contribution in [0.3, 0.4) is 0 Å². The Morgan fingerprint density at radius 3 is 1.91 bits per heavy atom. The van der Waals surface area contributed by atoms with Crippen LogP contribution in [0.5, 0.6) is 0 Å². The minimum absolute atomic E-state index is 0.240. The molecule has 0 heterocycles. The molecule has 1 saturated carbocycles. The maximum Gasteiger partial charge on any atom is 0.00604 e. The first kappa shape index (κ1) is 18.9. The molecule has 0 atom stereocenters.